The number of hydrogen-bond acceptors (Lipinski definition) is 4. The number of hydroxylamine groups is 2. The van der Waals surface area contributed by atoms with Crippen LogP contribution < -0.4 is 0 Å². The third-order valence-electron chi connectivity index (χ3n) is 1.71. The Kier molecular flexibility index (Phi) is 3.46. The van der Waals surface area contributed by atoms with Crippen molar-refractivity contribution in [1.29, 1.82) is 0 Å². The molecule has 1 saturated heterocycles. The summed E-state index contributed by atoms with van der Waals surface area (Å²) in [7, 11) is 0. The van der Waals surface area contributed by atoms with Gasteiger partial charge in [0.25, 0.3) is 0 Å². The summed E-state index contributed by atoms with van der Waals surface area (Å²) in [6.07, 6.45) is 0.596. The molecule has 1 heterocycles. The molecular weight excluding hydrogens is 162 g/mol. The molecule has 0 unspecified atom stereocenters. The molecule has 5 nitrogen and oxygen atoms in total. The summed E-state index contributed by atoms with van der Waals surface area (Å²) in [5.41, 5.74) is 0. The summed E-state index contributed by atoms with van der Waals surface area (Å²) >= 11 is 0. The van der Waals surface area contributed by atoms with Crippen LogP contribution >= 0.6 is 0 Å². The fourth-order valence-corrected chi connectivity index (χ4v) is 1.04. The quantitative estimate of drug-likeness (QED) is 0.568. The molecule has 0 bridgehead atoms. The van der Waals surface area contributed by atoms with Gasteiger partial charge in [-0.2, -0.15) is 0 Å². The van der Waals surface area contributed by atoms with Gasteiger partial charge in [0, 0.05) is 13.0 Å². The zero-order valence-electron chi connectivity index (χ0n) is 6.77. The standard InChI is InChI=1S/C7H13NO4/c9-4-6(5-10)12-8-3-1-2-7(8)11/h6,9-10H,1-5H2. The summed E-state index contributed by atoms with van der Waals surface area (Å²) in [4.78, 5) is 16.0. The van der Waals surface area contributed by atoms with E-state index in [1.54, 1.807) is 0 Å². The van der Waals surface area contributed by atoms with Gasteiger partial charge >= 0.3 is 0 Å². The number of hydrogen-bond donors (Lipinski definition) is 2. The van der Waals surface area contributed by atoms with Crippen molar-refractivity contribution in [2.75, 3.05) is 19.8 Å². The van der Waals surface area contributed by atoms with Crippen LogP contribution in [0.25, 0.3) is 0 Å². The van der Waals surface area contributed by atoms with Gasteiger partial charge in [0.1, 0.15) is 6.10 Å². The van der Waals surface area contributed by atoms with Crippen molar-refractivity contribution < 1.29 is 19.8 Å². The van der Waals surface area contributed by atoms with E-state index in [2.05, 4.69) is 0 Å². The van der Waals surface area contributed by atoms with Crippen molar-refractivity contribution in [3.05, 3.63) is 0 Å². The smallest absolute Gasteiger partial charge is 0.246 e. The van der Waals surface area contributed by atoms with Crippen LogP contribution in [0.2, 0.25) is 0 Å². The van der Waals surface area contributed by atoms with Crippen LogP contribution in [0.3, 0.4) is 0 Å². The number of carbonyl (C=O) groups excluding carboxylic acids is 1. The molecule has 1 amide bonds. The molecule has 0 saturated carbocycles. The Balaban J connectivity index is 2.33. The lowest BCUT2D eigenvalue weighted by atomic mass is 10.4. The highest BCUT2D eigenvalue weighted by Crippen LogP contribution is 2.11. The molecule has 0 atom stereocenters. The summed E-state index contributed by atoms with van der Waals surface area (Å²) in [5.74, 6) is -0.0816. The Morgan fingerprint density at radius 1 is 1.50 bits per heavy atom. The van der Waals surface area contributed by atoms with Crippen molar-refractivity contribution in [2.45, 2.75) is 18.9 Å². The van der Waals surface area contributed by atoms with Gasteiger partial charge in [-0.1, -0.05) is 0 Å². The lowest BCUT2D eigenvalue weighted by molar-refractivity contribution is -0.208. The van der Waals surface area contributed by atoms with E-state index in [0.717, 1.165) is 6.42 Å². The highest BCUT2D eigenvalue weighted by Gasteiger charge is 2.23. The van der Waals surface area contributed by atoms with Crippen molar-refractivity contribution in [3.63, 3.8) is 0 Å². The highest BCUT2D eigenvalue weighted by atomic mass is 16.7. The van der Waals surface area contributed by atoms with Gasteiger partial charge in [-0.15, -0.1) is 0 Å². The average Bonchev–Trinajstić information content (AvgIpc) is 2.47. The molecule has 0 spiro atoms. The lowest BCUT2D eigenvalue weighted by Gasteiger charge is -2.20. The molecule has 0 aliphatic carbocycles. The van der Waals surface area contributed by atoms with E-state index in [0.29, 0.717) is 13.0 Å². The highest BCUT2D eigenvalue weighted by molar-refractivity contribution is 5.76. The molecular formula is C7H13NO4. The predicted molar refractivity (Wildman–Crippen MR) is 40.0 cm³/mol. The van der Waals surface area contributed by atoms with Gasteiger partial charge in [0.15, 0.2) is 0 Å². The third kappa shape index (κ3) is 2.17. The van der Waals surface area contributed by atoms with Gasteiger partial charge in [-0.3, -0.25) is 9.63 Å². The number of carbonyl (C=O) groups is 1. The van der Waals surface area contributed by atoms with Crippen molar-refractivity contribution in [2.24, 2.45) is 0 Å². The minimum absolute atomic E-state index is 0.0816. The van der Waals surface area contributed by atoms with Crippen molar-refractivity contribution in [3.8, 4) is 0 Å². The van der Waals surface area contributed by atoms with Crippen LogP contribution in [0.4, 0.5) is 0 Å². The second-order valence-electron chi connectivity index (χ2n) is 2.69. The molecule has 1 aliphatic heterocycles. The number of amides is 1. The zero-order chi connectivity index (χ0) is 8.97. The minimum Gasteiger partial charge on any atom is -0.393 e. The average molecular weight is 175 g/mol. The first-order chi connectivity index (χ1) is 5.77. The topological polar surface area (TPSA) is 70.0 Å². The molecule has 0 aromatic heterocycles. The number of nitrogens with zero attached hydrogens (tertiary/aromatic N) is 1. The molecule has 0 aromatic rings. The largest absolute Gasteiger partial charge is 0.393 e. The monoisotopic (exact) mass is 175 g/mol. The Hall–Kier alpha value is -0.650. The first-order valence-electron chi connectivity index (χ1n) is 3.96. The summed E-state index contributed by atoms with van der Waals surface area (Å²) in [6, 6.07) is 0. The molecule has 2 N–H and O–H groups in total. The molecule has 70 valence electrons. The van der Waals surface area contributed by atoms with Crippen LogP contribution in [0.5, 0.6) is 0 Å². The van der Waals surface area contributed by atoms with E-state index in [-0.39, 0.29) is 19.1 Å². The Morgan fingerprint density at radius 2 is 2.17 bits per heavy atom. The SMILES string of the molecule is O=C1CCCN1OC(CO)CO. The number of aliphatic hydroxyl groups excluding tert-OH is 2. The minimum atomic E-state index is -0.674. The maximum Gasteiger partial charge on any atom is 0.246 e. The van der Waals surface area contributed by atoms with Crippen LogP contribution in [0.1, 0.15) is 12.8 Å². The first kappa shape index (κ1) is 9.44. The molecule has 1 aliphatic rings. The normalized spacial score (nSPS) is 17.9. The van der Waals surface area contributed by atoms with Gasteiger partial charge in [-0.05, 0) is 6.42 Å². The van der Waals surface area contributed by atoms with Crippen molar-refractivity contribution >= 4 is 5.91 Å². The second kappa shape index (κ2) is 4.39. The predicted octanol–water partition coefficient (Wildman–Crippen LogP) is -1.11. The maximum absolute atomic E-state index is 11.0. The summed E-state index contributed by atoms with van der Waals surface area (Å²) in [6.45, 7) is -0.00407. The van der Waals surface area contributed by atoms with Crippen LogP contribution in [0.15, 0.2) is 0 Å². The van der Waals surface area contributed by atoms with Gasteiger partial charge in [-0.25, -0.2) is 5.06 Å². The zero-order valence-corrected chi connectivity index (χ0v) is 6.77. The maximum atomic E-state index is 11.0. The molecule has 12 heavy (non-hydrogen) atoms. The second-order valence-corrected chi connectivity index (χ2v) is 2.69. The Bertz CT molecular complexity index is 157. The van der Waals surface area contributed by atoms with Gasteiger partial charge in [0.05, 0.1) is 13.2 Å². The Labute approximate surface area is 70.5 Å². The first-order valence-corrected chi connectivity index (χ1v) is 3.96. The van der Waals surface area contributed by atoms with E-state index in [4.69, 9.17) is 15.1 Å². The van der Waals surface area contributed by atoms with E-state index in [1.165, 1.54) is 5.06 Å². The Morgan fingerprint density at radius 3 is 2.58 bits per heavy atom. The number of rotatable bonds is 4. The molecule has 1 fully saturated rings. The van der Waals surface area contributed by atoms with E-state index < -0.39 is 6.10 Å². The molecule has 0 aromatic carbocycles. The van der Waals surface area contributed by atoms with Gasteiger partial charge in [0.2, 0.25) is 5.91 Å². The van der Waals surface area contributed by atoms with E-state index in [9.17, 15) is 4.79 Å². The van der Waals surface area contributed by atoms with Crippen LogP contribution in [-0.2, 0) is 9.63 Å². The third-order valence-corrected chi connectivity index (χ3v) is 1.71. The lowest BCUT2D eigenvalue weighted by Crippen LogP contribution is -2.34. The summed E-state index contributed by atoms with van der Waals surface area (Å²) < 4.78 is 0. The van der Waals surface area contributed by atoms with Crippen molar-refractivity contribution in [1.82, 2.24) is 5.06 Å². The molecule has 5 heteroatoms. The number of aliphatic hydroxyl groups is 2. The fraction of sp³-hybridized carbons (Fsp3) is 0.857. The van der Waals surface area contributed by atoms with Crippen LogP contribution in [-0.4, -0.2) is 47.0 Å². The van der Waals surface area contributed by atoms with E-state index in [1.807, 2.05) is 0 Å². The van der Waals surface area contributed by atoms with E-state index >= 15 is 0 Å². The fourth-order valence-electron chi connectivity index (χ4n) is 1.04. The van der Waals surface area contributed by atoms with Crippen LogP contribution in [0, 0.1) is 0 Å². The molecule has 1 rings (SSSR count). The summed E-state index contributed by atoms with van der Waals surface area (Å²) in [5, 5.41) is 18.5. The van der Waals surface area contributed by atoms with Gasteiger partial charge < -0.3 is 10.2 Å². The molecule has 0 radical (unpaired) electrons.